The highest BCUT2D eigenvalue weighted by molar-refractivity contribution is 7.98. The smallest absolute Gasteiger partial charge is 0.191 e. The maximum absolute atomic E-state index is 5.41. The standard InChI is InChI=1S/C13H17N5OS/c1-8-6-9(19-2)4-5-10(8)15-11-7-12(18-14)17-13(16-11)20-3/h4-7H,14H2,1-3H3,(H2,15,16,17,18). The van der Waals surface area contributed by atoms with E-state index in [0.29, 0.717) is 16.8 Å². The van der Waals surface area contributed by atoms with E-state index in [9.17, 15) is 0 Å². The largest absolute Gasteiger partial charge is 0.497 e. The van der Waals surface area contributed by atoms with Crippen molar-refractivity contribution in [1.29, 1.82) is 0 Å². The number of thioether (sulfide) groups is 1. The van der Waals surface area contributed by atoms with Crippen molar-refractivity contribution in [3.63, 3.8) is 0 Å². The fraction of sp³-hybridized carbons (Fsp3) is 0.231. The summed E-state index contributed by atoms with van der Waals surface area (Å²) in [5, 5.41) is 3.90. The van der Waals surface area contributed by atoms with Gasteiger partial charge in [0, 0.05) is 11.8 Å². The molecule has 1 aromatic carbocycles. The van der Waals surface area contributed by atoms with E-state index in [2.05, 4.69) is 20.7 Å². The van der Waals surface area contributed by atoms with Crippen LogP contribution in [0.25, 0.3) is 0 Å². The molecular weight excluding hydrogens is 274 g/mol. The molecule has 20 heavy (non-hydrogen) atoms. The number of rotatable bonds is 5. The molecule has 0 spiro atoms. The van der Waals surface area contributed by atoms with E-state index in [0.717, 1.165) is 17.0 Å². The van der Waals surface area contributed by atoms with Crippen LogP contribution >= 0.6 is 11.8 Å². The first-order chi connectivity index (χ1) is 9.66. The van der Waals surface area contributed by atoms with Gasteiger partial charge in [-0.25, -0.2) is 15.8 Å². The quantitative estimate of drug-likeness (QED) is 0.338. The molecule has 0 aliphatic carbocycles. The Kier molecular flexibility index (Phi) is 4.65. The monoisotopic (exact) mass is 291 g/mol. The summed E-state index contributed by atoms with van der Waals surface area (Å²) < 4.78 is 5.19. The van der Waals surface area contributed by atoms with Gasteiger partial charge in [0.1, 0.15) is 17.4 Å². The van der Waals surface area contributed by atoms with Crippen molar-refractivity contribution in [3.05, 3.63) is 29.8 Å². The number of nitrogens with two attached hydrogens (primary N) is 1. The molecule has 2 aromatic rings. The number of nitrogen functional groups attached to an aromatic ring is 1. The lowest BCUT2D eigenvalue weighted by Crippen LogP contribution is -2.10. The molecule has 0 saturated heterocycles. The first-order valence-electron chi connectivity index (χ1n) is 5.97. The number of anilines is 3. The Labute approximate surface area is 122 Å². The molecule has 0 aliphatic rings. The minimum absolute atomic E-state index is 0.568. The van der Waals surface area contributed by atoms with Gasteiger partial charge < -0.3 is 15.5 Å². The first kappa shape index (κ1) is 14.4. The number of aromatic nitrogens is 2. The van der Waals surface area contributed by atoms with Gasteiger partial charge in [0.05, 0.1) is 7.11 Å². The maximum Gasteiger partial charge on any atom is 0.191 e. The van der Waals surface area contributed by atoms with Crippen molar-refractivity contribution < 1.29 is 4.74 Å². The average molecular weight is 291 g/mol. The normalized spacial score (nSPS) is 10.2. The van der Waals surface area contributed by atoms with E-state index in [1.54, 1.807) is 13.2 Å². The predicted molar refractivity (Wildman–Crippen MR) is 82.6 cm³/mol. The SMILES string of the molecule is COc1ccc(Nc2cc(NN)nc(SC)n2)c(C)c1. The van der Waals surface area contributed by atoms with Crippen molar-refractivity contribution in [3.8, 4) is 5.75 Å². The van der Waals surface area contributed by atoms with Crippen LogP contribution in [-0.2, 0) is 0 Å². The molecule has 6 nitrogen and oxygen atoms in total. The van der Waals surface area contributed by atoms with Crippen LogP contribution < -0.4 is 21.3 Å². The number of hydrogen-bond donors (Lipinski definition) is 3. The molecule has 1 aromatic heterocycles. The van der Waals surface area contributed by atoms with Gasteiger partial charge in [0.15, 0.2) is 5.16 Å². The highest BCUT2D eigenvalue weighted by atomic mass is 32.2. The predicted octanol–water partition coefficient (Wildman–Crippen LogP) is 2.54. The Hall–Kier alpha value is -1.99. The Morgan fingerprint density at radius 3 is 2.55 bits per heavy atom. The van der Waals surface area contributed by atoms with Crippen LogP contribution in [0.5, 0.6) is 5.75 Å². The Balaban J connectivity index is 2.29. The number of ether oxygens (including phenoxy) is 1. The Morgan fingerprint density at radius 1 is 1.20 bits per heavy atom. The zero-order chi connectivity index (χ0) is 14.5. The van der Waals surface area contributed by atoms with Crippen LogP contribution in [0.3, 0.4) is 0 Å². The van der Waals surface area contributed by atoms with E-state index >= 15 is 0 Å². The highest BCUT2D eigenvalue weighted by Gasteiger charge is 2.06. The lowest BCUT2D eigenvalue weighted by molar-refractivity contribution is 0.414. The Morgan fingerprint density at radius 2 is 1.95 bits per heavy atom. The van der Waals surface area contributed by atoms with Gasteiger partial charge in [-0.15, -0.1) is 0 Å². The first-order valence-corrected chi connectivity index (χ1v) is 7.20. The highest BCUT2D eigenvalue weighted by Crippen LogP contribution is 2.25. The minimum Gasteiger partial charge on any atom is -0.497 e. The third kappa shape index (κ3) is 3.31. The molecule has 0 fully saturated rings. The fourth-order valence-electron chi connectivity index (χ4n) is 1.70. The molecule has 0 aliphatic heterocycles. The number of hydrogen-bond acceptors (Lipinski definition) is 7. The molecule has 0 amide bonds. The van der Waals surface area contributed by atoms with Gasteiger partial charge in [-0.2, -0.15) is 0 Å². The number of nitrogens with zero attached hydrogens (tertiary/aromatic N) is 2. The lowest BCUT2D eigenvalue weighted by atomic mass is 10.2. The number of aryl methyl sites for hydroxylation is 1. The van der Waals surface area contributed by atoms with E-state index in [1.165, 1.54) is 11.8 Å². The molecule has 2 rings (SSSR count). The summed E-state index contributed by atoms with van der Waals surface area (Å²) in [7, 11) is 1.65. The van der Waals surface area contributed by atoms with Gasteiger partial charge >= 0.3 is 0 Å². The molecule has 0 unspecified atom stereocenters. The molecule has 0 atom stereocenters. The van der Waals surface area contributed by atoms with E-state index in [4.69, 9.17) is 10.6 Å². The molecule has 106 valence electrons. The van der Waals surface area contributed by atoms with Crippen molar-refractivity contribution in [2.45, 2.75) is 12.1 Å². The summed E-state index contributed by atoms with van der Waals surface area (Å²) in [6, 6.07) is 7.56. The summed E-state index contributed by atoms with van der Waals surface area (Å²) in [6.45, 7) is 2.00. The lowest BCUT2D eigenvalue weighted by Gasteiger charge is -2.12. The second-order valence-corrected chi connectivity index (χ2v) is 4.85. The van der Waals surface area contributed by atoms with Crippen molar-refractivity contribution in [1.82, 2.24) is 9.97 Å². The second-order valence-electron chi connectivity index (χ2n) is 4.08. The number of hydrazine groups is 1. The third-order valence-electron chi connectivity index (χ3n) is 2.73. The fourth-order valence-corrected chi connectivity index (χ4v) is 2.08. The average Bonchev–Trinajstić information content (AvgIpc) is 2.48. The van der Waals surface area contributed by atoms with Gasteiger partial charge in [0.25, 0.3) is 0 Å². The van der Waals surface area contributed by atoms with E-state index in [-0.39, 0.29) is 0 Å². The van der Waals surface area contributed by atoms with Crippen LogP contribution in [0, 0.1) is 6.92 Å². The van der Waals surface area contributed by atoms with Gasteiger partial charge in [-0.1, -0.05) is 11.8 Å². The number of benzene rings is 1. The molecular formula is C13H17N5OS. The summed E-state index contributed by atoms with van der Waals surface area (Å²) in [6.07, 6.45) is 1.91. The van der Waals surface area contributed by atoms with Crippen molar-refractivity contribution >= 4 is 29.1 Å². The third-order valence-corrected chi connectivity index (χ3v) is 3.28. The van der Waals surface area contributed by atoms with Gasteiger partial charge in [-0.3, -0.25) is 0 Å². The summed E-state index contributed by atoms with van der Waals surface area (Å²) in [5.41, 5.74) is 4.56. The van der Waals surface area contributed by atoms with Crippen LogP contribution in [0.4, 0.5) is 17.3 Å². The minimum atomic E-state index is 0.568. The molecule has 7 heteroatoms. The topological polar surface area (TPSA) is 85.1 Å². The van der Waals surface area contributed by atoms with Gasteiger partial charge in [-0.05, 0) is 36.9 Å². The van der Waals surface area contributed by atoms with E-state index < -0.39 is 0 Å². The second kappa shape index (κ2) is 6.44. The molecule has 0 bridgehead atoms. The Bertz CT molecular complexity index is 583. The van der Waals surface area contributed by atoms with Crippen LogP contribution in [0.15, 0.2) is 29.4 Å². The van der Waals surface area contributed by atoms with Crippen LogP contribution in [-0.4, -0.2) is 23.3 Å². The van der Waals surface area contributed by atoms with E-state index in [1.807, 2.05) is 31.4 Å². The van der Waals surface area contributed by atoms with Gasteiger partial charge in [0.2, 0.25) is 0 Å². The van der Waals surface area contributed by atoms with Crippen LogP contribution in [0.2, 0.25) is 0 Å². The number of nitrogens with one attached hydrogen (secondary N) is 2. The molecule has 4 N–H and O–H groups in total. The molecule has 0 radical (unpaired) electrons. The number of methoxy groups -OCH3 is 1. The summed E-state index contributed by atoms with van der Waals surface area (Å²) in [5.74, 6) is 7.49. The zero-order valence-corrected chi connectivity index (χ0v) is 12.4. The molecule has 1 heterocycles. The molecule has 0 saturated carbocycles. The maximum atomic E-state index is 5.41. The summed E-state index contributed by atoms with van der Waals surface area (Å²) in [4.78, 5) is 8.61. The zero-order valence-electron chi connectivity index (χ0n) is 11.6. The van der Waals surface area contributed by atoms with Crippen LogP contribution in [0.1, 0.15) is 5.56 Å². The van der Waals surface area contributed by atoms with Crippen molar-refractivity contribution in [2.75, 3.05) is 24.1 Å². The van der Waals surface area contributed by atoms with Crippen molar-refractivity contribution in [2.24, 2.45) is 5.84 Å². The summed E-state index contributed by atoms with van der Waals surface area (Å²) >= 11 is 1.46.